The van der Waals surface area contributed by atoms with Crippen molar-refractivity contribution in [3.63, 3.8) is 0 Å². The Balaban J connectivity index is 2.50. The van der Waals surface area contributed by atoms with Gasteiger partial charge in [0.15, 0.2) is 0 Å². The second-order valence-corrected chi connectivity index (χ2v) is 5.47. The van der Waals surface area contributed by atoms with E-state index >= 15 is 0 Å². The Morgan fingerprint density at radius 1 is 1.67 bits per heavy atom. The molecule has 2 unspecified atom stereocenters. The highest BCUT2D eigenvalue weighted by atomic mass is 32.2. The highest BCUT2D eigenvalue weighted by molar-refractivity contribution is 7.84. The van der Waals surface area contributed by atoms with Gasteiger partial charge in [-0.1, -0.05) is 6.92 Å². The van der Waals surface area contributed by atoms with Crippen LogP contribution in [0.1, 0.15) is 25.8 Å². The standard InChI is InChI=1S/C10H19N3OS/c1-3-13-7-10(6-12-13)8-15(14)9(2)4-5-11/h6-7,9H,3-5,8,11H2,1-2H3. The fraction of sp³-hybridized carbons (Fsp3) is 0.700. The molecule has 0 radical (unpaired) electrons. The highest BCUT2D eigenvalue weighted by Crippen LogP contribution is 2.08. The van der Waals surface area contributed by atoms with Crippen LogP contribution in [0.4, 0.5) is 0 Å². The molecule has 1 heterocycles. The van der Waals surface area contributed by atoms with E-state index in [4.69, 9.17) is 5.73 Å². The van der Waals surface area contributed by atoms with Gasteiger partial charge in [0.05, 0.1) is 11.9 Å². The van der Waals surface area contributed by atoms with Crippen molar-refractivity contribution >= 4 is 10.8 Å². The summed E-state index contributed by atoms with van der Waals surface area (Å²) in [5.74, 6) is 0.584. The Kier molecular flexibility index (Phi) is 4.98. The molecule has 0 aliphatic rings. The fourth-order valence-corrected chi connectivity index (χ4v) is 2.49. The molecule has 0 aromatic carbocycles. The van der Waals surface area contributed by atoms with Crippen LogP contribution < -0.4 is 5.73 Å². The molecular weight excluding hydrogens is 210 g/mol. The molecule has 0 aliphatic heterocycles. The molecule has 0 amide bonds. The zero-order valence-corrected chi connectivity index (χ0v) is 10.2. The summed E-state index contributed by atoms with van der Waals surface area (Å²) in [4.78, 5) is 0. The maximum atomic E-state index is 11.8. The van der Waals surface area contributed by atoms with Gasteiger partial charge in [0.2, 0.25) is 0 Å². The zero-order valence-electron chi connectivity index (χ0n) is 9.35. The van der Waals surface area contributed by atoms with Crippen molar-refractivity contribution in [2.75, 3.05) is 6.54 Å². The lowest BCUT2D eigenvalue weighted by Crippen LogP contribution is -2.17. The number of hydrogen-bond donors (Lipinski definition) is 1. The quantitative estimate of drug-likeness (QED) is 0.788. The third-order valence-electron chi connectivity index (χ3n) is 2.34. The minimum absolute atomic E-state index is 0.167. The van der Waals surface area contributed by atoms with Crippen LogP contribution in [0.3, 0.4) is 0 Å². The summed E-state index contributed by atoms with van der Waals surface area (Å²) in [5, 5.41) is 4.32. The minimum atomic E-state index is -0.838. The van der Waals surface area contributed by atoms with Crippen LogP contribution in [0.5, 0.6) is 0 Å². The van der Waals surface area contributed by atoms with Gasteiger partial charge < -0.3 is 5.73 Å². The SMILES string of the molecule is CCn1cc(CS(=O)C(C)CCN)cn1. The highest BCUT2D eigenvalue weighted by Gasteiger charge is 2.11. The van der Waals surface area contributed by atoms with Gasteiger partial charge in [0.25, 0.3) is 0 Å². The van der Waals surface area contributed by atoms with Crippen LogP contribution in [0.2, 0.25) is 0 Å². The first kappa shape index (κ1) is 12.4. The lowest BCUT2D eigenvalue weighted by molar-refractivity contribution is 0.658. The Morgan fingerprint density at radius 2 is 2.40 bits per heavy atom. The Hall–Kier alpha value is -0.680. The van der Waals surface area contributed by atoms with E-state index in [0.29, 0.717) is 12.3 Å². The predicted molar refractivity (Wildman–Crippen MR) is 62.9 cm³/mol. The average molecular weight is 229 g/mol. The molecule has 4 nitrogen and oxygen atoms in total. The van der Waals surface area contributed by atoms with Crippen LogP contribution in [0.25, 0.3) is 0 Å². The smallest absolute Gasteiger partial charge is 0.0531 e. The molecule has 0 saturated heterocycles. The van der Waals surface area contributed by atoms with E-state index in [0.717, 1.165) is 18.5 Å². The van der Waals surface area contributed by atoms with Crippen molar-refractivity contribution in [1.82, 2.24) is 9.78 Å². The Bertz CT molecular complexity index is 324. The Morgan fingerprint density at radius 3 is 2.93 bits per heavy atom. The van der Waals surface area contributed by atoms with Crippen LogP contribution in [0, 0.1) is 0 Å². The first-order chi connectivity index (χ1) is 7.17. The lowest BCUT2D eigenvalue weighted by atomic mass is 10.3. The summed E-state index contributed by atoms with van der Waals surface area (Å²) in [5.41, 5.74) is 6.48. The predicted octanol–water partition coefficient (Wildman–Crippen LogP) is 0.889. The molecule has 0 fully saturated rings. The van der Waals surface area contributed by atoms with Crippen molar-refractivity contribution in [3.8, 4) is 0 Å². The van der Waals surface area contributed by atoms with Crippen molar-refractivity contribution in [2.45, 2.75) is 37.8 Å². The molecular formula is C10H19N3OS. The fourth-order valence-electron chi connectivity index (χ4n) is 1.33. The molecule has 0 spiro atoms. The molecule has 2 atom stereocenters. The number of nitrogens with zero attached hydrogens (tertiary/aromatic N) is 2. The first-order valence-corrected chi connectivity index (χ1v) is 6.64. The molecule has 1 rings (SSSR count). The molecule has 86 valence electrons. The van der Waals surface area contributed by atoms with E-state index in [-0.39, 0.29) is 5.25 Å². The van der Waals surface area contributed by atoms with Crippen molar-refractivity contribution in [2.24, 2.45) is 5.73 Å². The molecule has 0 bridgehead atoms. The van der Waals surface area contributed by atoms with E-state index in [9.17, 15) is 4.21 Å². The second-order valence-electron chi connectivity index (χ2n) is 3.62. The molecule has 15 heavy (non-hydrogen) atoms. The summed E-state index contributed by atoms with van der Waals surface area (Å²) in [7, 11) is -0.838. The molecule has 0 saturated carbocycles. The number of aromatic nitrogens is 2. The maximum Gasteiger partial charge on any atom is 0.0531 e. The maximum absolute atomic E-state index is 11.8. The summed E-state index contributed by atoms with van der Waals surface area (Å²) in [6, 6.07) is 0. The number of nitrogens with two attached hydrogens (primary N) is 1. The number of hydrogen-bond acceptors (Lipinski definition) is 3. The third-order valence-corrected chi connectivity index (χ3v) is 4.09. The van der Waals surface area contributed by atoms with Crippen molar-refractivity contribution < 1.29 is 4.21 Å². The number of aryl methyl sites for hydroxylation is 1. The normalized spacial score (nSPS) is 15.1. The molecule has 1 aromatic heterocycles. The van der Waals surface area contributed by atoms with E-state index in [2.05, 4.69) is 5.10 Å². The van der Waals surface area contributed by atoms with E-state index in [1.54, 1.807) is 6.20 Å². The van der Waals surface area contributed by atoms with Gasteiger partial charge >= 0.3 is 0 Å². The second kappa shape index (κ2) is 6.02. The van der Waals surface area contributed by atoms with Gasteiger partial charge in [0, 0.05) is 34.4 Å². The lowest BCUT2D eigenvalue weighted by Gasteiger charge is -2.08. The number of rotatable bonds is 6. The van der Waals surface area contributed by atoms with Gasteiger partial charge in [-0.25, -0.2) is 0 Å². The summed E-state index contributed by atoms with van der Waals surface area (Å²) >= 11 is 0. The molecule has 0 aliphatic carbocycles. The van der Waals surface area contributed by atoms with Gasteiger partial charge in [-0.3, -0.25) is 8.89 Å². The molecule has 2 N–H and O–H groups in total. The van der Waals surface area contributed by atoms with Crippen LogP contribution in [-0.2, 0) is 23.1 Å². The summed E-state index contributed by atoms with van der Waals surface area (Å²) < 4.78 is 13.7. The zero-order chi connectivity index (χ0) is 11.3. The van der Waals surface area contributed by atoms with Gasteiger partial charge in [-0.15, -0.1) is 0 Å². The average Bonchev–Trinajstić information content (AvgIpc) is 2.66. The van der Waals surface area contributed by atoms with Crippen LogP contribution in [0.15, 0.2) is 12.4 Å². The summed E-state index contributed by atoms with van der Waals surface area (Å²) in [6.45, 7) is 5.46. The Labute approximate surface area is 93.3 Å². The molecule has 1 aromatic rings. The monoisotopic (exact) mass is 229 g/mol. The minimum Gasteiger partial charge on any atom is -0.330 e. The van der Waals surface area contributed by atoms with Crippen LogP contribution >= 0.6 is 0 Å². The van der Waals surface area contributed by atoms with Gasteiger partial charge in [-0.05, 0) is 19.9 Å². The largest absolute Gasteiger partial charge is 0.330 e. The van der Waals surface area contributed by atoms with E-state index in [1.807, 2.05) is 24.7 Å². The third kappa shape index (κ3) is 3.76. The van der Waals surface area contributed by atoms with E-state index in [1.165, 1.54) is 0 Å². The van der Waals surface area contributed by atoms with Gasteiger partial charge in [-0.2, -0.15) is 5.10 Å². The first-order valence-electron chi connectivity index (χ1n) is 5.26. The van der Waals surface area contributed by atoms with Crippen LogP contribution in [-0.4, -0.2) is 25.8 Å². The van der Waals surface area contributed by atoms with E-state index < -0.39 is 10.8 Å². The summed E-state index contributed by atoms with van der Waals surface area (Å²) in [6.07, 6.45) is 4.55. The van der Waals surface area contributed by atoms with Crippen molar-refractivity contribution in [1.29, 1.82) is 0 Å². The van der Waals surface area contributed by atoms with Crippen molar-refractivity contribution in [3.05, 3.63) is 18.0 Å². The van der Waals surface area contributed by atoms with Gasteiger partial charge in [0.1, 0.15) is 0 Å². The topological polar surface area (TPSA) is 60.9 Å². The molecule has 5 heteroatoms.